The molecule has 0 atom stereocenters. The Bertz CT molecular complexity index is 611. The second-order valence-electron chi connectivity index (χ2n) is 5.70. The lowest BCUT2D eigenvalue weighted by molar-refractivity contribution is -0.115. The molecule has 0 aromatic carbocycles. The Morgan fingerprint density at radius 2 is 2.19 bits per heavy atom. The van der Waals surface area contributed by atoms with Crippen molar-refractivity contribution in [2.45, 2.75) is 51.4 Å². The highest BCUT2D eigenvalue weighted by atomic mass is 16.5. The lowest BCUT2D eigenvalue weighted by Crippen LogP contribution is -2.14. The number of nitrogens with one attached hydrogen (secondary N) is 2. The monoisotopic (exact) mass is 288 g/mol. The summed E-state index contributed by atoms with van der Waals surface area (Å²) in [4.78, 5) is 11.9. The van der Waals surface area contributed by atoms with Gasteiger partial charge in [0.1, 0.15) is 5.76 Å². The number of carbonyl (C=O) groups excluding carboxylic acids is 1. The Labute approximate surface area is 123 Å². The fourth-order valence-electron chi connectivity index (χ4n) is 2.87. The number of nitrogens with zero attached hydrogens (tertiary/aromatic N) is 2. The minimum atomic E-state index is -0.146. The van der Waals surface area contributed by atoms with Gasteiger partial charge in [0.15, 0.2) is 5.82 Å². The van der Waals surface area contributed by atoms with Gasteiger partial charge in [0.05, 0.1) is 12.1 Å². The maximum absolute atomic E-state index is 11.9. The highest BCUT2D eigenvalue weighted by Gasteiger charge is 2.18. The van der Waals surface area contributed by atoms with Crippen LogP contribution in [0.5, 0.6) is 0 Å². The molecular weight excluding hydrogens is 268 g/mol. The number of aromatic amines is 1. The summed E-state index contributed by atoms with van der Waals surface area (Å²) in [6.45, 7) is 1.83. The van der Waals surface area contributed by atoms with E-state index in [-0.39, 0.29) is 12.3 Å². The van der Waals surface area contributed by atoms with Gasteiger partial charge in [-0.2, -0.15) is 5.10 Å². The maximum Gasteiger partial charge on any atom is 0.233 e. The number of hydrogen-bond acceptors (Lipinski definition) is 4. The van der Waals surface area contributed by atoms with Gasteiger partial charge in [-0.3, -0.25) is 9.89 Å². The van der Waals surface area contributed by atoms with E-state index in [1.54, 1.807) is 6.07 Å². The van der Waals surface area contributed by atoms with Crippen molar-refractivity contribution in [3.8, 4) is 0 Å². The van der Waals surface area contributed by atoms with Crippen LogP contribution in [0.4, 0.5) is 5.82 Å². The number of amides is 1. The van der Waals surface area contributed by atoms with E-state index in [9.17, 15) is 4.79 Å². The third kappa shape index (κ3) is 3.51. The summed E-state index contributed by atoms with van der Waals surface area (Å²) < 4.78 is 5.03. The quantitative estimate of drug-likeness (QED) is 0.906. The molecule has 2 aromatic rings. The molecule has 0 radical (unpaired) electrons. The van der Waals surface area contributed by atoms with E-state index in [0.29, 0.717) is 17.5 Å². The summed E-state index contributed by atoms with van der Waals surface area (Å²) in [6.07, 6.45) is 6.45. The van der Waals surface area contributed by atoms with Crippen LogP contribution in [0.25, 0.3) is 0 Å². The smallest absolute Gasteiger partial charge is 0.233 e. The van der Waals surface area contributed by atoms with Crippen molar-refractivity contribution in [1.82, 2.24) is 15.4 Å². The fraction of sp³-hybridized carbons (Fsp3) is 0.533. The topological polar surface area (TPSA) is 83.8 Å². The van der Waals surface area contributed by atoms with Crippen LogP contribution in [0.2, 0.25) is 0 Å². The maximum atomic E-state index is 11.9. The Balaban J connectivity index is 1.57. The molecule has 0 saturated heterocycles. The average molecular weight is 288 g/mol. The number of carbonyl (C=O) groups is 1. The first kappa shape index (κ1) is 13.9. The molecule has 0 spiro atoms. The van der Waals surface area contributed by atoms with Crippen LogP contribution in [0.1, 0.15) is 55.2 Å². The van der Waals surface area contributed by atoms with Gasteiger partial charge in [0.25, 0.3) is 0 Å². The van der Waals surface area contributed by atoms with Gasteiger partial charge in [0, 0.05) is 23.7 Å². The van der Waals surface area contributed by atoms with E-state index < -0.39 is 0 Å². The number of anilines is 1. The first-order valence-electron chi connectivity index (χ1n) is 7.48. The van der Waals surface area contributed by atoms with Crippen LogP contribution < -0.4 is 5.32 Å². The van der Waals surface area contributed by atoms with E-state index in [2.05, 4.69) is 20.7 Å². The van der Waals surface area contributed by atoms with Crippen molar-refractivity contribution in [3.05, 3.63) is 29.3 Å². The Hall–Kier alpha value is -2.11. The van der Waals surface area contributed by atoms with Crippen LogP contribution in [-0.4, -0.2) is 21.3 Å². The number of H-pyrrole nitrogens is 1. The summed E-state index contributed by atoms with van der Waals surface area (Å²) in [5, 5.41) is 13.8. The SMILES string of the molecule is Cc1cc(CC(=O)Nc2cc(C3CCCCC3)[nH]n2)on1. The van der Waals surface area contributed by atoms with Crippen LogP contribution in [0.3, 0.4) is 0 Å². The zero-order valence-electron chi connectivity index (χ0n) is 12.2. The molecule has 1 aliphatic carbocycles. The molecule has 0 aliphatic heterocycles. The summed E-state index contributed by atoms with van der Waals surface area (Å²) >= 11 is 0. The number of hydrogen-bond donors (Lipinski definition) is 2. The average Bonchev–Trinajstić information content (AvgIpc) is 3.09. The summed E-state index contributed by atoms with van der Waals surface area (Å²) in [7, 11) is 0. The molecule has 2 aromatic heterocycles. The van der Waals surface area contributed by atoms with Gasteiger partial charge in [-0.1, -0.05) is 24.4 Å². The lowest BCUT2D eigenvalue weighted by Gasteiger charge is -2.19. The molecule has 6 nitrogen and oxygen atoms in total. The van der Waals surface area contributed by atoms with Crippen molar-refractivity contribution in [3.63, 3.8) is 0 Å². The Morgan fingerprint density at radius 3 is 2.90 bits per heavy atom. The molecule has 112 valence electrons. The van der Waals surface area contributed by atoms with Crippen LogP contribution in [0, 0.1) is 6.92 Å². The summed E-state index contributed by atoms with van der Waals surface area (Å²) in [6, 6.07) is 3.71. The van der Waals surface area contributed by atoms with E-state index in [0.717, 1.165) is 11.4 Å². The fourth-order valence-corrected chi connectivity index (χ4v) is 2.87. The molecule has 1 saturated carbocycles. The molecule has 1 fully saturated rings. The van der Waals surface area contributed by atoms with Crippen LogP contribution in [-0.2, 0) is 11.2 Å². The van der Waals surface area contributed by atoms with E-state index in [4.69, 9.17) is 4.52 Å². The normalized spacial score (nSPS) is 16.0. The van der Waals surface area contributed by atoms with Gasteiger partial charge in [-0.05, 0) is 19.8 Å². The highest BCUT2D eigenvalue weighted by molar-refractivity contribution is 5.91. The minimum absolute atomic E-state index is 0.146. The first-order chi connectivity index (χ1) is 10.2. The molecule has 3 rings (SSSR count). The molecule has 6 heteroatoms. The molecule has 1 amide bonds. The van der Waals surface area contributed by atoms with E-state index in [1.807, 2.05) is 13.0 Å². The predicted octanol–water partition coefficient (Wildman–Crippen LogP) is 2.94. The van der Waals surface area contributed by atoms with Crippen molar-refractivity contribution in [1.29, 1.82) is 0 Å². The number of aryl methyl sites for hydroxylation is 1. The molecule has 1 aliphatic rings. The van der Waals surface area contributed by atoms with Crippen molar-refractivity contribution in [2.75, 3.05) is 5.32 Å². The molecule has 2 heterocycles. The second-order valence-corrected chi connectivity index (χ2v) is 5.70. The zero-order chi connectivity index (χ0) is 14.7. The first-order valence-corrected chi connectivity index (χ1v) is 7.48. The predicted molar refractivity (Wildman–Crippen MR) is 78.0 cm³/mol. The molecular formula is C15H20N4O2. The number of rotatable bonds is 4. The number of aromatic nitrogens is 3. The van der Waals surface area contributed by atoms with Gasteiger partial charge in [0.2, 0.25) is 5.91 Å². The standard InChI is InChI=1S/C15H20N4O2/c1-10-7-12(21-19-10)8-15(20)16-14-9-13(17-18-14)11-5-3-2-4-6-11/h7,9,11H,2-6,8H2,1H3,(H2,16,17,18,20). The van der Waals surface area contributed by atoms with Crippen molar-refractivity contribution < 1.29 is 9.32 Å². The zero-order valence-corrected chi connectivity index (χ0v) is 12.2. The molecule has 21 heavy (non-hydrogen) atoms. The lowest BCUT2D eigenvalue weighted by atomic mass is 9.87. The third-order valence-electron chi connectivity index (χ3n) is 3.92. The van der Waals surface area contributed by atoms with Gasteiger partial charge in [-0.25, -0.2) is 0 Å². The summed E-state index contributed by atoms with van der Waals surface area (Å²) in [5.41, 5.74) is 1.90. The largest absolute Gasteiger partial charge is 0.361 e. The Kier molecular flexibility index (Phi) is 4.03. The van der Waals surface area contributed by atoms with Gasteiger partial charge < -0.3 is 9.84 Å². The van der Waals surface area contributed by atoms with Crippen LogP contribution in [0.15, 0.2) is 16.7 Å². The second kappa shape index (κ2) is 6.11. The van der Waals surface area contributed by atoms with Gasteiger partial charge >= 0.3 is 0 Å². The minimum Gasteiger partial charge on any atom is -0.361 e. The van der Waals surface area contributed by atoms with Crippen molar-refractivity contribution >= 4 is 11.7 Å². The van der Waals surface area contributed by atoms with E-state index >= 15 is 0 Å². The van der Waals surface area contributed by atoms with Gasteiger partial charge in [-0.15, -0.1) is 0 Å². The van der Waals surface area contributed by atoms with Crippen molar-refractivity contribution in [2.24, 2.45) is 0 Å². The highest BCUT2D eigenvalue weighted by Crippen LogP contribution is 2.32. The molecule has 2 N–H and O–H groups in total. The molecule has 0 bridgehead atoms. The van der Waals surface area contributed by atoms with Crippen LogP contribution >= 0.6 is 0 Å². The summed E-state index contributed by atoms with van der Waals surface area (Å²) in [5.74, 6) is 1.55. The third-order valence-corrected chi connectivity index (χ3v) is 3.92. The Morgan fingerprint density at radius 1 is 1.38 bits per heavy atom. The molecule has 0 unspecified atom stereocenters. The van der Waals surface area contributed by atoms with E-state index in [1.165, 1.54) is 32.1 Å².